The maximum Gasteiger partial charge on any atom is 0.130 e. The van der Waals surface area contributed by atoms with Gasteiger partial charge in [-0.3, -0.25) is 4.68 Å². The molecule has 1 aromatic heterocycles. The summed E-state index contributed by atoms with van der Waals surface area (Å²) in [6.45, 7) is 2.01. The number of rotatable bonds is 1. The van der Waals surface area contributed by atoms with E-state index in [1.807, 2.05) is 43.0 Å². The SMILES string of the molecule is Cc1c(C2C[C@H](O)c3ccc(Br)cc3O2)cnn1C. The van der Waals surface area contributed by atoms with Gasteiger partial charge in [0.05, 0.1) is 12.3 Å². The summed E-state index contributed by atoms with van der Waals surface area (Å²) in [6, 6.07) is 5.72. The normalized spacial score (nSPS) is 21.9. The highest BCUT2D eigenvalue weighted by Gasteiger charge is 2.30. The maximum atomic E-state index is 10.3. The van der Waals surface area contributed by atoms with E-state index >= 15 is 0 Å². The molecule has 0 amide bonds. The van der Waals surface area contributed by atoms with Crippen LogP contribution in [0.2, 0.25) is 0 Å². The first-order valence-electron chi connectivity index (χ1n) is 6.19. The fourth-order valence-corrected chi connectivity index (χ4v) is 2.78. The van der Waals surface area contributed by atoms with Gasteiger partial charge in [-0.1, -0.05) is 22.0 Å². The van der Waals surface area contributed by atoms with Crippen molar-refractivity contribution in [2.75, 3.05) is 0 Å². The Morgan fingerprint density at radius 1 is 1.42 bits per heavy atom. The van der Waals surface area contributed by atoms with Crippen LogP contribution in [0.1, 0.15) is 35.4 Å². The van der Waals surface area contributed by atoms with Crippen molar-refractivity contribution in [3.63, 3.8) is 0 Å². The summed E-state index contributed by atoms with van der Waals surface area (Å²) in [6.07, 6.45) is 1.73. The molecule has 2 aromatic rings. The van der Waals surface area contributed by atoms with Crippen LogP contribution in [-0.2, 0) is 7.05 Å². The molecule has 0 bridgehead atoms. The standard InChI is InChI=1S/C14H15BrN2O2/c1-8-11(7-16-17(8)2)14-6-12(18)10-4-3-9(15)5-13(10)19-14/h3-5,7,12,14,18H,6H2,1-2H3/t12-,14?/m0/s1. The van der Waals surface area contributed by atoms with Crippen molar-refractivity contribution in [1.82, 2.24) is 9.78 Å². The average molecular weight is 323 g/mol. The van der Waals surface area contributed by atoms with Crippen LogP contribution in [0.25, 0.3) is 0 Å². The first-order valence-corrected chi connectivity index (χ1v) is 6.98. The topological polar surface area (TPSA) is 47.3 Å². The van der Waals surface area contributed by atoms with Crippen molar-refractivity contribution in [3.05, 3.63) is 45.7 Å². The molecule has 0 spiro atoms. The second-order valence-corrected chi connectivity index (χ2v) is 5.76. The monoisotopic (exact) mass is 322 g/mol. The number of halogens is 1. The summed E-state index contributed by atoms with van der Waals surface area (Å²) in [4.78, 5) is 0. The summed E-state index contributed by atoms with van der Waals surface area (Å²) in [5.74, 6) is 0.737. The van der Waals surface area contributed by atoms with Crippen molar-refractivity contribution in [3.8, 4) is 5.75 Å². The van der Waals surface area contributed by atoms with E-state index in [1.165, 1.54) is 0 Å². The highest BCUT2D eigenvalue weighted by molar-refractivity contribution is 9.10. The Bertz CT molecular complexity index is 624. The van der Waals surface area contributed by atoms with E-state index in [4.69, 9.17) is 4.74 Å². The van der Waals surface area contributed by atoms with Crippen LogP contribution in [0.4, 0.5) is 0 Å². The molecule has 0 radical (unpaired) electrons. The van der Waals surface area contributed by atoms with Crippen LogP contribution in [0.3, 0.4) is 0 Å². The molecular weight excluding hydrogens is 308 g/mol. The van der Waals surface area contributed by atoms with Gasteiger partial charge in [0.25, 0.3) is 0 Å². The first kappa shape index (κ1) is 12.7. The van der Waals surface area contributed by atoms with Crippen LogP contribution in [0.15, 0.2) is 28.9 Å². The molecule has 1 aliphatic heterocycles. The van der Waals surface area contributed by atoms with E-state index in [1.54, 1.807) is 0 Å². The third-order valence-corrected chi connectivity index (χ3v) is 4.15. The molecule has 0 fully saturated rings. The van der Waals surface area contributed by atoms with E-state index < -0.39 is 6.10 Å². The average Bonchev–Trinajstić information content (AvgIpc) is 2.69. The number of hydrogen-bond acceptors (Lipinski definition) is 3. The van der Waals surface area contributed by atoms with Gasteiger partial charge in [-0.05, 0) is 19.1 Å². The minimum atomic E-state index is -0.499. The first-order chi connectivity index (χ1) is 9.06. The predicted octanol–water partition coefficient (Wildman–Crippen LogP) is 3.05. The molecular formula is C14H15BrN2O2. The number of ether oxygens (including phenoxy) is 1. The van der Waals surface area contributed by atoms with Gasteiger partial charge >= 0.3 is 0 Å². The Morgan fingerprint density at radius 2 is 2.21 bits per heavy atom. The fourth-order valence-electron chi connectivity index (χ4n) is 2.44. The van der Waals surface area contributed by atoms with Gasteiger partial charge in [-0.25, -0.2) is 0 Å². The summed E-state index contributed by atoms with van der Waals surface area (Å²) in [7, 11) is 1.91. The number of aliphatic hydroxyl groups is 1. The molecule has 1 aromatic carbocycles. The minimum Gasteiger partial charge on any atom is -0.485 e. The number of nitrogens with zero attached hydrogens (tertiary/aromatic N) is 2. The second-order valence-electron chi connectivity index (χ2n) is 4.85. The van der Waals surface area contributed by atoms with Crippen molar-refractivity contribution >= 4 is 15.9 Å². The van der Waals surface area contributed by atoms with Gasteiger partial charge in [0.2, 0.25) is 0 Å². The third-order valence-electron chi connectivity index (χ3n) is 3.66. The lowest BCUT2D eigenvalue weighted by Gasteiger charge is -2.29. The van der Waals surface area contributed by atoms with E-state index in [9.17, 15) is 5.11 Å². The summed E-state index contributed by atoms with van der Waals surface area (Å²) in [5.41, 5.74) is 2.95. The molecule has 19 heavy (non-hydrogen) atoms. The van der Waals surface area contributed by atoms with Gasteiger partial charge in [-0.2, -0.15) is 5.10 Å². The summed E-state index contributed by atoms with van der Waals surface area (Å²) >= 11 is 3.43. The lowest BCUT2D eigenvalue weighted by atomic mass is 9.95. The highest BCUT2D eigenvalue weighted by Crippen LogP contribution is 2.42. The van der Waals surface area contributed by atoms with Crippen LogP contribution in [0, 0.1) is 6.92 Å². The van der Waals surface area contributed by atoms with Crippen LogP contribution in [-0.4, -0.2) is 14.9 Å². The van der Waals surface area contributed by atoms with Gasteiger partial charge < -0.3 is 9.84 Å². The van der Waals surface area contributed by atoms with Gasteiger partial charge in [-0.15, -0.1) is 0 Å². The molecule has 2 heterocycles. The molecule has 0 saturated carbocycles. The van der Waals surface area contributed by atoms with Gasteiger partial charge in [0, 0.05) is 34.8 Å². The number of hydrogen-bond donors (Lipinski definition) is 1. The lowest BCUT2D eigenvalue weighted by Crippen LogP contribution is -2.19. The molecule has 0 saturated heterocycles. The molecule has 3 rings (SSSR count). The smallest absolute Gasteiger partial charge is 0.130 e. The molecule has 1 unspecified atom stereocenters. The molecule has 4 nitrogen and oxygen atoms in total. The number of aryl methyl sites for hydroxylation is 1. The number of benzene rings is 1. The lowest BCUT2D eigenvalue weighted by molar-refractivity contribution is 0.0653. The quantitative estimate of drug-likeness (QED) is 0.877. The largest absolute Gasteiger partial charge is 0.485 e. The molecule has 1 N–H and O–H groups in total. The fraction of sp³-hybridized carbons (Fsp3) is 0.357. The highest BCUT2D eigenvalue weighted by atomic mass is 79.9. The second kappa shape index (κ2) is 4.65. The number of fused-ring (bicyclic) bond motifs is 1. The van der Waals surface area contributed by atoms with Crippen LogP contribution in [0.5, 0.6) is 5.75 Å². The Morgan fingerprint density at radius 3 is 2.89 bits per heavy atom. The third kappa shape index (κ3) is 2.17. The Hall–Kier alpha value is -1.33. The van der Waals surface area contributed by atoms with Crippen molar-refractivity contribution in [1.29, 1.82) is 0 Å². The number of aliphatic hydroxyl groups excluding tert-OH is 1. The van der Waals surface area contributed by atoms with E-state index in [-0.39, 0.29) is 6.10 Å². The molecule has 2 atom stereocenters. The zero-order chi connectivity index (χ0) is 13.6. The molecule has 0 aliphatic carbocycles. The molecule has 100 valence electrons. The minimum absolute atomic E-state index is 0.148. The van der Waals surface area contributed by atoms with Gasteiger partial charge in [0.1, 0.15) is 11.9 Å². The summed E-state index contributed by atoms with van der Waals surface area (Å²) < 4.78 is 8.79. The van der Waals surface area contributed by atoms with E-state index in [0.717, 1.165) is 27.0 Å². The predicted molar refractivity (Wildman–Crippen MR) is 75.0 cm³/mol. The zero-order valence-electron chi connectivity index (χ0n) is 10.8. The zero-order valence-corrected chi connectivity index (χ0v) is 12.4. The Kier molecular flexibility index (Phi) is 3.11. The van der Waals surface area contributed by atoms with Gasteiger partial charge in [0.15, 0.2) is 0 Å². The van der Waals surface area contributed by atoms with Crippen LogP contribution >= 0.6 is 15.9 Å². The van der Waals surface area contributed by atoms with Crippen molar-refractivity contribution in [2.24, 2.45) is 7.05 Å². The Labute approximate surface area is 120 Å². The van der Waals surface area contributed by atoms with Crippen LogP contribution < -0.4 is 4.74 Å². The Balaban J connectivity index is 1.98. The molecule has 1 aliphatic rings. The van der Waals surface area contributed by atoms with E-state index in [0.29, 0.717) is 6.42 Å². The van der Waals surface area contributed by atoms with E-state index in [2.05, 4.69) is 21.0 Å². The molecule has 5 heteroatoms. The van der Waals surface area contributed by atoms with Crippen molar-refractivity contribution < 1.29 is 9.84 Å². The van der Waals surface area contributed by atoms with Crippen molar-refractivity contribution in [2.45, 2.75) is 25.6 Å². The summed E-state index contributed by atoms with van der Waals surface area (Å²) in [5, 5.41) is 14.5. The maximum absolute atomic E-state index is 10.3. The number of aromatic nitrogens is 2.